The molecule has 120 valence electrons. The molecule has 0 N–H and O–H groups in total. The maximum atomic E-state index is 5.48. The van der Waals surface area contributed by atoms with Gasteiger partial charge in [0.25, 0.3) is 0 Å². The minimum absolute atomic E-state index is 0. The second kappa shape index (κ2) is 20.2. The molecule has 0 saturated heterocycles. The van der Waals surface area contributed by atoms with Crippen LogP contribution in [0.5, 0.6) is 0 Å². The van der Waals surface area contributed by atoms with Gasteiger partial charge >= 0.3 is 0 Å². The lowest BCUT2D eigenvalue weighted by Crippen LogP contribution is -2.12. The Bertz CT molecular complexity index is 140. The largest absolute Gasteiger partial charge is 0.379 e. The van der Waals surface area contributed by atoms with Crippen LogP contribution in [0.3, 0.4) is 0 Å². The molecule has 1 atom stereocenters. The molecule has 0 aliphatic heterocycles. The van der Waals surface area contributed by atoms with Gasteiger partial charge in [-0.2, -0.15) is 0 Å². The van der Waals surface area contributed by atoms with Gasteiger partial charge in [-0.05, 0) is 12.3 Å². The minimum Gasteiger partial charge on any atom is -0.379 e. The molecule has 3 heteroatoms. The van der Waals surface area contributed by atoms with Crippen LogP contribution in [0.4, 0.5) is 0 Å². The van der Waals surface area contributed by atoms with E-state index in [1.807, 2.05) is 0 Å². The lowest BCUT2D eigenvalue weighted by Gasteiger charge is -2.09. The SMILES string of the molecule is C.C.CCCCCOCCOCCOCC(C)CC. The topological polar surface area (TPSA) is 27.7 Å². The molecule has 0 saturated carbocycles. The zero-order valence-electron chi connectivity index (χ0n) is 11.9. The van der Waals surface area contributed by atoms with E-state index in [1.54, 1.807) is 0 Å². The molecule has 0 spiro atoms. The van der Waals surface area contributed by atoms with E-state index in [9.17, 15) is 0 Å². The third kappa shape index (κ3) is 20.4. The van der Waals surface area contributed by atoms with Crippen LogP contribution in [0.1, 0.15) is 61.3 Å². The third-order valence-electron chi connectivity index (χ3n) is 2.74. The maximum Gasteiger partial charge on any atom is 0.0701 e. The highest BCUT2D eigenvalue weighted by atomic mass is 16.5. The van der Waals surface area contributed by atoms with Crippen molar-refractivity contribution < 1.29 is 14.2 Å². The molecule has 1 unspecified atom stereocenters. The van der Waals surface area contributed by atoms with E-state index in [2.05, 4.69) is 20.8 Å². The highest BCUT2D eigenvalue weighted by Gasteiger charge is 1.97. The molecule has 0 rings (SSSR count). The second-order valence-corrected chi connectivity index (χ2v) is 4.52. The molecule has 0 aromatic heterocycles. The van der Waals surface area contributed by atoms with E-state index < -0.39 is 0 Å². The van der Waals surface area contributed by atoms with Crippen molar-refractivity contribution in [2.75, 3.05) is 39.6 Å². The summed E-state index contributed by atoms with van der Waals surface area (Å²) in [5, 5.41) is 0. The Morgan fingerprint density at radius 2 is 1.26 bits per heavy atom. The minimum atomic E-state index is 0. The molecule has 19 heavy (non-hydrogen) atoms. The summed E-state index contributed by atoms with van der Waals surface area (Å²) in [5.74, 6) is 0.650. The van der Waals surface area contributed by atoms with Crippen LogP contribution in [0.25, 0.3) is 0 Å². The molecule has 0 aliphatic rings. The summed E-state index contributed by atoms with van der Waals surface area (Å²) in [7, 11) is 0. The fourth-order valence-corrected chi connectivity index (χ4v) is 1.30. The molecule has 0 aliphatic carbocycles. The maximum absolute atomic E-state index is 5.48. The van der Waals surface area contributed by atoms with Gasteiger partial charge in [0.1, 0.15) is 0 Å². The zero-order valence-corrected chi connectivity index (χ0v) is 11.9. The van der Waals surface area contributed by atoms with E-state index in [1.165, 1.54) is 19.3 Å². The van der Waals surface area contributed by atoms with Crippen LogP contribution < -0.4 is 0 Å². The Labute approximate surface area is 122 Å². The number of rotatable bonds is 13. The van der Waals surface area contributed by atoms with Crippen molar-refractivity contribution in [1.29, 1.82) is 0 Å². The first kappa shape index (κ1) is 23.9. The molecule has 0 aromatic rings. The van der Waals surface area contributed by atoms with E-state index in [-0.39, 0.29) is 14.9 Å². The van der Waals surface area contributed by atoms with Crippen molar-refractivity contribution in [3.63, 3.8) is 0 Å². The highest BCUT2D eigenvalue weighted by molar-refractivity contribution is 4.45. The summed E-state index contributed by atoms with van der Waals surface area (Å²) in [4.78, 5) is 0. The molecule has 0 heterocycles. The van der Waals surface area contributed by atoms with Crippen LogP contribution in [0.2, 0.25) is 0 Å². The van der Waals surface area contributed by atoms with Crippen molar-refractivity contribution in [2.45, 2.75) is 61.3 Å². The zero-order chi connectivity index (χ0) is 12.8. The summed E-state index contributed by atoms with van der Waals surface area (Å²) in [6.07, 6.45) is 4.83. The van der Waals surface area contributed by atoms with Gasteiger partial charge in [-0.15, -0.1) is 0 Å². The molecule has 0 bridgehead atoms. The van der Waals surface area contributed by atoms with Gasteiger partial charge in [0, 0.05) is 13.2 Å². The predicted molar refractivity (Wildman–Crippen MR) is 84.9 cm³/mol. The quantitative estimate of drug-likeness (QED) is 0.463. The van der Waals surface area contributed by atoms with Crippen molar-refractivity contribution in [3.8, 4) is 0 Å². The van der Waals surface area contributed by atoms with Gasteiger partial charge in [0.15, 0.2) is 0 Å². The summed E-state index contributed by atoms with van der Waals surface area (Å²) in [6, 6.07) is 0. The van der Waals surface area contributed by atoms with E-state index in [0.29, 0.717) is 32.3 Å². The van der Waals surface area contributed by atoms with E-state index >= 15 is 0 Å². The van der Waals surface area contributed by atoms with Crippen LogP contribution in [-0.2, 0) is 14.2 Å². The summed E-state index contributed by atoms with van der Waals surface area (Å²) in [6.45, 7) is 11.0. The lowest BCUT2D eigenvalue weighted by atomic mass is 10.1. The highest BCUT2D eigenvalue weighted by Crippen LogP contribution is 2.00. The molecular weight excluding hydrogens is 240 g/mol. The molecule has 0 aromatic carbocycles. The smallest absolute Gasteiger partial charge is 0.0701 e. The number of ether oxygens (including phenoxy) is 3. The average molecular weight is 278 g/mol. The molecule has 3 nitrogen and oxygen atoms in total. The van der Waals surface area contributed by atoms with Gasteiger partial charge in [-0.3, -0.25) is 0 Å². The fraction of sp³-hybridized carbons (Fsp3) is 1.00. The Hall–Kier alpha value is -0.120. The normalized spacial score (nSPS) is 11.5. The van der Waals surface area contributed by atoms with Gasteiger partial charge in [-0.25, -0.2) is 0 Å². The Balaban J connectivity index is -0.00000128. The van der Waals surface area contributed by atoms with Gasteiger partial charge < -0.3 is 14.2 Å². The second-order valence-electron chi connectivity index (χ2n) is 4.52. The number of unbranched alkanes of at least 4 members (excludes halogenated alkanes) is 2. The number of hydrogen-bond acceptors (Lipinski definition) is 3. The Morgan fingerprint density at radius 3 is 1.79 bits per heavy atom. The van der Waals surface area contributed by atoms with Crippen molar-refractivity contribution in [3.05, 3.63) is 0 Å². The first-order valence-electron chi connectivity index (χ1n) is 7.04. The Kier molecular flexibility index (Phi) is 25.5. The van der Waals surface area contributed by atoms with Gasteiger partial charge in [-0.1, -0.05) is 54.9 Å². The van der Waals surface area contributed by atoms with Crippen molar-refractivity contribution >= 4 is 0 Å². The first-order valence-corrected chi connectivity index (χ1v) is 7.04. The molecule has 0 radical (unpaired) electrons. The molecule has 0 amide bonds. The predicted octanol–water partition coefficient (Wildman–Crippen LogP) is 4.54. The standard InChI is InChI=1S/C14H30O3.2CH4/c1-4-6-7-8-15-9-10-16-11-12-17-13-14(3)5-2;;/h14H,4-13H2,1-3H3;2*1H4. The van der Waals surface area contributed by atoms with Gasteiger partial charge in [0.05, 0.1) is 26.4 Å². The molecule has 0 fully saturated rings. The first-order chi connectivity index (χ1) is 8.31. The van der Waals surface area contributed by atoms with Crippen LogP contribution >= 0.6 is 0 Å². The van der Waals surface area contributed by atoms with Crippen LogP contribution in [0.15, 0.2) is 0 Å². The third-order valence-corrected chi connectivity index (χ3v) is 2.74. The van der Waals surface area contributed by atoms with Crippen LogP contribution in [0, 0.1) is 5.92 Å². The summed E-state index contributed by atoms with van der Waals surface area (Å²) >= 11 is 0. The number of hydrogen-bond donors (Lipinski definition) is 0. The summed E-state index contributed by atoms with van der Waals surface area (Å²) < 4.78 is 16.3. The average Bonchev–Trinajstić information content (AvgIpc) is 2.35. The van der Waals surface area contributed by atoms with E-state index in [0.717, 1.165) is 19.6 Å². The summed E-state index contributed by atoms with van der Waals surface area (Å²) in [5.41, 5.74) is 0. The molecular formula is C16H38O3. The lowest BCUT2D eigenvalue weighted by molar-refractivity contribution is 0.00775. The fourth-order valence-electron chi connectivity index (χ4n) is 1.30. The van der Waals surface area contributed by atoms with Crippen molar-refractivity contribution in [1.82, 2.24) is 0 Å². The van der Waals surface area contributed by atoms with Crippen molar-refractivity contribution in [2.24, 2.45) is 5.92 Å². The Morgan fingerprint density at radius 1 is 0.737 bits per heavy atom. The van der Waals surface area contributed by atoms with Gasteiger partial charge in [0.2, 0.25) is 0 Å². The van der Waals surface area contributed by atoms with Crippen LogP contribution in [-0.4, -0.2) is 39.6 Å². The van der Waals surface area contributed by atoms with E-state index in [4.69, 9.17) is 14.2 Å². The monoisotopic (exact) mass is 278 g/mol.